The molecule has 0 aliphatic rings. The van der Waals surface area contributed by atoms with E-state index in [9.17, 15) is 9.50 Å². The minimum atomic E-state index is -0.135. The van der Waals surface area contributed by atoms with Crippen LogP contribution in [0.25, 0.3) is 0 Å². The van der Waals surface area contributed by atoms with Crippen LogP contribution in [0.1, 0.15) is 22.3 Å². The molecule has 2 aromatic carbocycles. The second-order valence-corrected chi connectivity index (χ2v) is 4.78. The SMILES string of the molecule is Cc1cc(CNCc2ccccc2O)cc(C)c1F. The van der Waals surface area contributed by atoms with Gasteiger partial charge in [-0.05, 0) is 36.6 Å². The molecule has 0 fully saturated rings. The fourth-order valence-electron chi connectivity index (χ4n) is 2.14. The Kier molecular flexibility index (Phi) is 4.17. The zero-order valence-corrected chi connectivity index (χ0v) is 11.2. The van der Waals surface area contributed by atoms with Crippen molar-refractivity contribution >= 4 is 0 Å². The molecule has 0 spiro atoms. The van der Waals surface area contributed by atoms with Crippen LogP contribution in [0.15, 0.2) is 36.4 Å². The first-order valence-electron chi connectivity index (χ1n) is 6.31. The Morgan fingerprint density at radius 3 is 2.32 bits per heavy atom. The van der Waals surface area contributed by atoms with E-state index in [0.29, 0.717) is 30.0 Å². The van der Waals surface area contributed by atoms with E-state index < -0.39 is 0 Å². The summed E-state index contributed by atoms with van der Waals surface area (Å²) in [5.41, 5.74) is 3.24. The van der Waals surface area contributed by atoms with Gasteiger partial charge in [-0.3, -0.25) is 0 Å². The monoisotopic (exact) mass is 259 g/mol. The molecule has 0 heterocycles. The fraction of sp³-hybridized carbons (Fsp3) is 0.250. The predicted octanol–water partition coefficient (Wildman–Crippen LogP) is 3.44. The summed E-state index contributed by atoms with van der Waals surface area (Å²) in [7, 11) is 0. The molecule has 0 radical (unpaired) electrons. The van der Waals surface area contributed by atoms with Gasteiger partial charge < -0.3 is 10.4 Å². The molecule has 2 rings (SSSR count). The molecule has 0 unspecified atom stereocenters. The number of aromatic hydroxyl groups is 1. The van der Waals surface area contributed by atoms with Gasteiger partial charge in [0.25, 0.3) is 0 Å². The summed E-state index contributed by atoms with van der Waals surface area (Å²) in [6.07, 6.45) is 0. The van der Waals surface area contributed by atoms with Gasteiger partial charge in [-0.25, -0.2) is 4.39 Å². The molecular formula is C16H18FNO. The van der Waals surface area contributed by atoms with Gasteiger partial charge in [-0.2, -0.15) is 0 Å². The van der Waals surface area contributed by atoms with Crippen LogP contribution in [-0.2, 0) is 13.1 Å². The molecule has 0 amide bonds. The predicted molar refractivity (Wildman–Crippen MR) is 74.5 cm³/mol. The summed E-state index contributed by atoms with van der Waals surface area (Å²) in [6, 6.07) is 10.9. The van der Waals surface area contributed by atoms with Gasteiger partial charge in [-0.1, -0.05) is 30.3 Å². The average Bonchev–Trinajstić information content (AvgIpc) is 2.38. The van der Waals surface area contributed by atoms with Gasteiger partial charge >= 0.3 is 0 Å². The highest BCUT2D eigenvalue weighted by molar-refractivity contribution is 5.32. The molecular weight excluding hydrogens is 241 g/mol. The quantitative estimate of drug-likeness (QED) is 0.881. The molecule has 19 heavy (non-hydrogen) atoms. The lowest BCUT2D eigenvalue weighted by atomic mass is 10.1. The van der Waals surface area contributed by atoms with Gasteiger partial charge in [0.05, 0.1) is 0 Å². The molecule has 2 nitrogen and oxygen atoms in total. The number of nitrogens with one attached hydrogen (secondary N) is 1. The summed E-state index contributed by atoms with van der Waals surface area (Å²) in [5, 5.41) is 12.9. The molecule has 3 heteroatoms. The maximum absolute atomic E-state index is 13.5. The first-order valence-corrected chi connectivity index (χ1v) is 6.31. The molecule has 0 aromatic heterocycles. The third-order valence-electron chi connectivity index (χ3n) is 3.13. The summed E-state index contributed by atoms with van der Waals surface area (Å²) < 4.78 is 13.5. The lowest BCUT2D eigenvalue weighted by molar-refractivity contribution is 0.464. The van der Waals surface area contributed by atoms with Crippen LogP contribution < -0.4 is 5.32 Å². The standard InChI is InChI=1S/C16H18FNO/c1-11-7-13(8-12(2)16(11)17)9-18-10-14-5-3-4-6-15(14)19/h3-8,18-19H,9-10H2,1-2H3. The number of phenolic OH excluding ortho intramolecular Hbond substituents is 1. The number of hydrogen-bond acceptors (Lipinski definition) is 2. The van der Waals surface area contributed by atoms with E-state index in [2.05, 4.69) is 5.32 Å². The Balaban J connectivity index is 1.98. The topological polar surface area (TPSA) is 32.3 Å². The Hall–Kier alpha value is -1.87. The van der Waals surface area contributed by atoms with Crippen molar-refractivity contribution < 1.29 is 9.50 Å². The van der Waals surface area contributed by atoms with Crippen molar-refractivity contribution in [1.82, 2.24) is 5.32 Å². The van der Waals surface area contributed by atoms with Crippen molar-refractivity contribution in [1.29, 1.82) is 0 Å². The Morgan fingerprint density at radius 1 is 1.05 bits per heavy atom. The molecule has 0 saturated heterocycles. The van der Waals surface area contributed by atoms with Crippen molar-refractivity contribution in [2.45, 2.75) is 26.9 Å². The third-order valence-corrected chi connectivity index (χ3v) is 3.13. The second-order valence-electron chi connectivity index (χ2n) is 4.78. The maximum atomic E-state index is 13.5. The molecule has 0 bridgehead atoms. The van der Waals surface area contributed by atoms with Crippen molar-refractivity contribution in [3.63, 3.8) is 0 Å². The van der Waals surface area contributed by atoms with Crippen LogP contribution in [-0.4, -0.2) is 5.11 Å². The molecule has 0 atom stereocenters. The summed E-state index contributed by atoms with van der Waals surface area (Å²) in [6.45, 7) is 4.78. The summed E-state index contributed by atoms with van der Waals surface area (Å²) in [4.78, 5) is 0. The lowest BCUT2D eigenvalue weighted by Crippen LogP contribution is -2.13. The molecule has 100 valence electrons. The molecule has 2 N–H and O–H groups in total. The van der Waals surface area contributed by atoms with Crippen LogP contribution >= 0.6 is 0 Å². The lowest BCUT2D eigenvalue weighted by Gasteiger charge is -2.09. The fourth-order valence-corrected chi connectivity index (χ4v) is 2.14. The average molecular weight is 259 g/mol. The molecule has 2 aromatic rings. The van der Waals surface area contributed by atoms with E-state index in [1.807, 2.05) is 24.3 Å². The van der Waals surface area contributed by atoms with E-state index >= 15 is 0 Å². The van der Waals surface area contributed by atoms with Crippen LogP contribution in [0.3, 0.4) is 0 Å². The number of aryl methyl sites for hydroxylation is 2. The Bertz CT molecular complexity index is 558. The van der Waals surface area contributed by atoms with E-state index in [4.69, 9.17) is 0 Å². The minimum Gasteiger partial charge on any atom is -0.508 e. The maximum Gasteiger partial charge on any atom is 0.129 e. The smallest absolute Gasteiger partial charge is 0.129 e. The van der Waals surface area contributed by atoms with Gasteiger partial charge in [0.1, 0.15) is 11.6 Å². The number of hydrogen-bond donors (Lipinski definition) is 2. The number of halogens is 1. The Labute approximate surface area is 112 Å². The van der Waals surface area contributed by atoms with E-state index in [1.165, 1.54) is 0 Å². The van der Waals surface area contributed by atoms with Crippen LogP contribution in [0.4, 0.5) is 4.39 Å². The number of phenols is 1. The van der Waals surface area contributed by atoms with Gasteiger partial charge in [0.2, 0.25) is 0 Å². The zero-order chi connectivity index (χ0) is 13.8. The van der Waals surface area contributed by atoms with E-state index in [1.54, 1.807) is 26.0 Å². The summed E-state index contributed by atoms with van der Waals surface area (Å²) >= 11 is 0. The molecule has 0 aliphatic carbocycles. The number of para-hydroxylation sites is 1. The van der Waals surface area contributed by atoms with E-state index in [-0.39, 0.29) is 5.82 Å². The van der Waals surface area contributed by atoms with Crippen molar-refractivity contribution in [3.05, 3.63) is 64.5 Å². The molecule has 0 saturated carbocycles. The van der Waals surface area contributed by atoms with Gasteiger partial charge in [0.15, 0.2) is 0 Å². The van der Waals surface area contributed by atoms with E-state index in [0.717, 1.165) is 11.1 Å². The second kappa shape index (κ2) is 5.85. The third kappa shape index (κ3) is 3.32. The zero-order valence-electron chi connectivity index (χ0n) is 11.2. The van der Waals surface area contributed by atoms with Crippen molar-refractivity contribution in [2.24, 2.45) is 0 Å². The summed E-state index contributed by atoms with van der Waals surface area (Å²) in [5.74, 6) is 0.158. The van der Waals surface area contributed by atoms with Crippen LogP contribution in [0.2, 0.25) is 0 Å². The van der Waals surface area contributed by atoms with Crippen molar-refractivity contribution in [3.8, 4) is 5.75 Å². The number of benzene rings is 2. The first kappa shape index (κ1) is 13.6. The minimum absolute atomic E-state index is 0.135. The highest BCUT2D eigenvalue weighted by Crippen LogP contribution is 2.16. The highest BCUT2D eigenvalue weighted by Gasteiger charge is 2.04. The normalized spacial score (nSPS) is 10.7. The van der Waals surface area contributed by atoms with Gasteiger partial charge in [0, 0.05) is 18.7 Å². The largest absolute Gasteiger partial charge is 0.508 e. The van der Waals surface area contributed by atoms with Crippen molar-refractivity contribution in [2.75, 3.05) is 0 Å². The number of rotatable bonds is 4. The molecule has 0 aliphatic heterocycles. The Morgan fingerprint density at radius 2 is 1.68 bits per heavy atom. The van der Waals surface area contributed by atoms with Crippen LogP contribution in [0.5, 0.6) is 5.75 Å². The van der Waals surface area contributed by atoms with Crippen LogP contribution in [0, 0.1) is 19.7 Å². The first-order chi connectivity index (χ1) is 9.08. The highest BCUT2D eigenvalue weighted by atomic mass is 19.1. The van der Waals surface area contributed by atoms with Gasteiger partial charge in [-0.15, -0.1) is 0 Å².